The smallest absolute Gasteiger partial charge is 0.248 e. The number of carbonyl (C=O) groups excluding carboxylic acids is 1. The number of aliphatic imine (C=N–C) groups is 1. The Bertz CT molecular complexity index is 775. The van der Waals surface area contributed by atoms with Crippen LogP contribution in [0.5, 0.6) is 0 Å². The number of fused-ring (bicyclic) bond motifs is 1. The van der Waals surface area contributed by atoms with Crippen LogP contribution in [0.3, 0.4) is 0 Å². The van der Waals surface area contributed by atoms with Crippen LogP contribution in [0, 0.1) is 5.92 Å². The van der Waals surface area contributed by atoms with Crippen molar-refractivity contribution in [2.75, 3.05) is 16.4 Å². The number of sulfone groups is 1. The number of benzene rings is 1. The lowest BCUT2D eigenvalue weighted by Crippen LogP contribution is -2.37. The molecule has 0 bridgehead atoms. The molecule has 2 aliphatic rings. The van der Waals surface area contributed by atoms with Gasteiger partial charge >= 0.3 is 0 Å². The average Bonchev–Trinajstić information content (AvgIpc) is 2.90. The fourth-order valence-corrected chi connectivity index (χ4v) is 7.03. The van der Waals surface area contributed by atoms with Gasteiger partial charge in [0.15, 0.2) is 15.0 Å². The van der Waals surface area contributed by atoms with Gasteiger partial charge in [-0.1, -0.05) is 37.2 Å². The zero-order valence-electron chi connectivity index (χ0n) is 13.5. The predicted molar refractivity (Wildman–Crippen MR) is 99.6 cm³/mol. The van der Waals surface area contributed by atoms with Gasteiger partial charge in [0.25, 0.3) is 0 Å². The third kappa shape index (κ3) is 3.78. The van der Waals surface area contributed by atoms with Crippen molar-refractivity contribution in [3.63, 3.8) is 0 Å². The Hall–Kier alpha value is -1.05. The van der Waals surface area contributed by atoms with E-state index < -0.39 is 9.84 Å². The number of rotatable bonds is 3. The minimum atomic E-state index is -3.05. The van der Waals surface area contributed by atoms with Gasteiger partial charge in [0.2, 0.25) is 5.91 Å². The molecule has 2 aliphatic heterocycles. The normalized spacial score (nSPS) is 27.0. The highest BCUT2D eigenvalue weighted by molar-refractivity contribution is 8.16. The van der Waals surface area contributed by atoms with Gasteiger partial charge in [0.1, 0.15) is 0 Å². The molecule has 2 fully saturated rings. The molecule has 2 saturated heterocycles. The van der Waals surface area contributed by atoms with Crippen LogP contribution in [-0.2, 0) is 14.6 Å². The van der Waals surface area contributed by atoms with E-state index in [2.05, 4.69) is 4.99 Å². The Morgan fingerprint density at radius 2 is 2.00 bits per heavy atom. The molecule has 24 heavy (non-hydrogen) atoms. The molecule has 8 heteroatoms. The third-order valence-corrected chi connectivity index (χ3v) is 7.44. The number of hydrogen-bond acceptors (Lipinski definition) is 4. The van der Waals surface area contributed by atoms with Crippen molar-refractivity contribution in [1.29, 1.82) is 0 Å². The molecule has 1 aromatic carbocycles. The second-order valence-corrected chi connectivity index (χ2v) is 10.3. The molecule has 0 aromatic heterocycles. The lowest BCUT2D eigenvalue weighted by Gasteiger charge is -2.24. The second-order valence-electron chi connectivity index (χ2n) is 6.53. The lowest BCUT2D eigenvalue weighted by atomic mass is 10.1. The van der Waals surface area contributed by atoms with Crippen LogP contribution in [0.2, 0.25) is 5.02 Å². The summed E-state index contributed by atoms with van der Waals surface area (Å²) in [5.41, 5.74) is 0.813. The highest BCUT2D eigenvalue weighted by Crippen LogP contribution is 2.41. The lowest BCUT2D eigenvalue weighted by molar-refractivity contribution is -0.118. The topological polar surface area (TPSA) is 66.8 Å². The summed E-state index contributed by atoms with van der Waals surface area (Å²) in [5.74, 6) is 0.278. The number of hydrogen-bond donors (Lipinski definition) is 0. The van der Waals surface area contributed by atoms with Crippen LogP contribution >= 0.6 is 23.4 Å². The SMILES string of the molecule is CC(C)CC(=O)N=C1S[C@@H]2CS(=O)(=O)C[C@@H]2N1c1ccc(Cl)cc1. The first-order valence-corrected chi connectivity index (χ1v) is 10.9. The highest BCUT2D eigenvalue weighted by atomic mass is 35.5. The van der Waals surface area contributed by atoms with E-state index in [9.17, 15) is 13.2 Å². The van der Waals surface area contributed by atoms with Gasteiger partial charge in [0.05, 0.1) is 17.5 Å². The van der Waals surface area contributed by atoms with Gasteiger partial charge in [-0.05, 0) is 30.2 Å². The molecule has 5 nitrogen and oxygen atoms in total. The number of carbonyl (C=O) groups is 1. The molecule has 0 unspecified atom stereocenters. The van der Waals surface area contributed by atoms with Crippen LogP contribution in [0.15, 0.2) is 29.3 Å². The van der Waals surface area contributed by atoms with Crippen LogP contribution in [0.4, 0.5) is 5.69 Å². The number of anilines is 1. The number of nitrogens with zero attached hydrogens (tertiary/aromatic N) is 2. The highest BCUT2D eigenvalue weighted by Gasteiger charge is 2.49. The van der Waals surface area contributed by atoms with Crippen LogP contribution in [-0.4, -0.2) is 42.3 Å². The summed E-state index contributed by atoms with van der Waals surface area (Å²) in [7, 11) is -3.05. The molecular weight excluding hydrogens is 368 g/mol. The fraction of sp³-hybridized carbons (Fsp3) is 0.500. The van der Waals surface area contributed by atoms with Gasteiger partial charge < -0.3 is 4.90 Å². The first-order chi connectivity index (χ1) is 11.2. The summed E-state index contributed by atoms with van der Waals surface area (Å²) in [6.45, 7) is 3.94. The van der Waals surface area contributed by atoms with E-state index in [0.29, 0.717) is 16.6 Å². The van der Waals surface area contributed by atoms with Crippen molar-refractivity contribution in [1.82, 2.24) is 0 Å². The van der Waals surface area contributed by atoms with Gasteiger partial charge in [-0.3, -0.25) is 4.79 Å². The van der Waals surface area contributed by atoms with Crippen molar-refractivity contribution in [3.05, 3.63) is 29.3 Å². The van der Waals surface area contributed by atoms with Crippen LogP contribution in [0.25, 0.3) is 0 Å². The van der Waals surface area contributed by atoms with E-state index in [1.165, 1.54) is 11.8 Å². The average molecular weight is 387 g/mol. The van der Waals surface area contributed by atoms with E-state index >= 15 is 0 Å². The van der Waals surface area contributed by atoms with Gasteiger partial charge in [0, 0.05) is 22.4 Å². The quantitative estimate of drug-likeness (QED) is 0.798. The van der Waals surface area contributed by atoms with E-state index in [1.807, 2.05) is 30.9 Å². The minimum Gasteiger partial charge on any atom is -0.316 e. The molecule has 0 aliphatic carbocycles. The maximum absolute atomic E-state index is 12.1. The summed E-state index contributed by atoms with van der Waals surface area (Å²) in [4.78, 5) is 18.3. The molecule has 0 N–H and O–H groups in total. The fourth-order valence-electron chi connectivity index (χ4n) is 2.97. The van der Waals surface area contributed by atoms with Crippen molar-refractivity contribution in [2.45, 2.75) is 31.6 Å². The van der Waals surface area contributed by atoms with Crippen molar-refractivity contribution >= 4 is 50.0 Å². The summed E-state index contributed by atoms with van der Waals surface area (Å²) in [6.07, 6.45) is 0.381. The Morgan fingerprint density at radius 1 is 1.33 bits per heavy atom. The molecule has 0 radical (unpaired) electrons. The van der Waals surface area contributed by atoms with E-state index in [1.54, 1.807) is 12.1 Å². The summed E-state index contributed by atoms with van der Waals surface area (Å²) >= 11 is 7.34. The zero-order valence-corrected chi connectivity index (χ0v) is 15.9. The van der Waals surface area contributed by atoms with Crippen molar-refractivity contribution < 1.29 is 13.2 Å². The first kappa shape index (κ1) is 17.8. The van der Waals surface area contributed by atoms with Crippen LogP contribution in [0.1, 0.15) is 20.3 Å². The number of halogens is 1. The predicted octanol–water partition coefficient (Wildman–Crippen LogP) is 2.99. The molecule has 130 valence electrons. The molecule has 1 amide bonds. The first-order valence-electron chi connectivity index (χ1n) is 7.78. The maximum atomic E-state index is 12.1. The largest absolute Gasteiger partial charge is 0.316 e. The zero-order chi connectivity index (χ0) is 17.5. The Balaban J connectivity index is 1.95. The van der Waals surface area contributed by atoms with Gasteiger partial charge in [-0.25, -0.2) is 8.42 Å². The number of thioether (sulfide) groups is 1. The van der Waals surface area contributed by atoms with Crippen molar-refractivity contribution in [2.24, 2.45) is 10.9 Å². The molecule has 0 saturated carbocycles. The molecule has 0 spiro atoms. The number of amides is 1. The van der Waals surface area contributed by atoms with Gasteiger partial charge in [-0.2, -0.15) is 4.99 Å². The Morgan fingerprint density at radius 3 is 2.62 bits per heavy atom. The van der Waals surface area contributed by atoms with Gasteiger partial charge in [-0.15, -0.1) is 0 Å². The molecule has 3 rings (SSSR count). The van der Waals surface area contributed by atoms with E-state index in [0.717, 1.165) is 5.69 Å². The Labute approximate surface area is 151 Å². The van der Waals surface area contributed by atoms with E-state index in [-0.39, 0.29) is 34.6 Å². The molecule has 2 heterocycles. The third-order valence-electron chi connectivity index (χ3n) is 3.97. The summed E-state index contributed by atoms with van der Waals surface area (Å²) in [6, 6.07) is 6.99. The molecule has 2 atom stereocenters. The molecule has 1 aromatic rings. The monoisotopic (exact) mass is 386 g/mol. The van der Waals surface area contributed by atoms with Crippen molar-refractivity contribution in [3.8, 4) is 0 Å². The second kappa shape index (κ2) is 6.69. The minimum absolute atomic E-state index is 0.0868. The molecular formula is C16H19ClN2O3S2. The van der Waals surface area contributed by atoms with E-state index in [4.69, 9.17) is 11.6 Å². The summed E-state index contributed by atoms with van der Waals surface area (Å²) < 4.78 is 24.0. The van der Waals surface area contributed by atoms with Crippen LogP contribution < -0.4 is 4.90 Å². The Kier molecular flexibility index (Phi) is 4.95. The maximum Gasteiger partial charge on any atom is 0.248 e. The number of amidine groups is 1. The standard InChI is InChI=1S/C16H19ClN2O3S2/c1-10(2)7-15(20)18-16-19(12-5-3-11(17)4-6-12)13-8-24(21,22)9-14(13)23-16/h3-6,10,13-14H,7-9H2,1-2H3/t13-,14+/m0/s1. The summed E-state index contributed by atoms with van der Waals surface area (Å²) in [5, 5.41) is 1.11.